The molecule has 1 aromatic carbocycles. The van der Waals surface area contributed by atoms with Gasteiger partial charge in [0.2, 0.25) is 5.91 Å². The number of carbonyl (C=O) groups is 2. The Morgan fingerprint density at radius 1 is 1.32 bits per heavy atom. The third-order valence-electron chi connectivity index (χ3n) is 2.18. The molecule has 0 radical (unpaired) electrons. The molecule has 6 nitrogen and oxygen atoms in total. The molecule has 0 spiro atoms. The van der Waals surface area contributed by atoms with Crippen LogP contribution in [-0.4, -0.2) is 37.6 Å². The second-order valence-corrected chi connectivity index (χ2v) is 4.56. The Hall–Kier alpha value is -1.89. The van der Waals surface area contributed by atoms with Crippen LogP contribution in [0, 0.1) is 0 Å². The van der Waals surface area contributed by atoms with E-state index >= 15 is 0 Å². The van der Waals surface area contributed by atoms with Crippen molar-refractivity contribution in [1.29, 1.82) is 0 Å². The van der Waals surface area contributed by atoms with Gasteiger partial charge in [-0.15, -0.1) is 11.8 Å². The zero-order valence-electron chi connectivity index (χ0n) is 10.8. The van der Waals surface area contributed by atoms with Gasteiger partial charge in [0.15, 0.2) is 0 Å². The van der Waals surface area contributed by atoms with Gasteiger partial charge >= 0.3 is 5.97 Å². The lowest BCUT2D eigenvalue weighted by molar-refractivity contribution is -0.137. The number of carbonyl (C=O) groups excluding carboxylic acids is 2. The Morgan fingerprint density at radius 2 is 2.05 bits per heavy atom. The van der Waals surface area contributed by atoms with E-state index in [2.05, 4.69) is 10.1 Å². The fourth-order valence-corrected chi connectivity index (χ4v) is 1.93. The molecule has 0 unspecified atom stereocenters. The van der Waals surface area contributed by atoms with Crippen LogP contribution in [0.15, 0.2) is 18.2 Å². The molecule has 0 heterocycles. The van der Waals surface area contributed by atoms with Crippen molar-refractivity contribution in [2.75, 3.05) is 36.8 Å². The van der Waals surface area contributed by atoms with Crippen molar-refractivity contribution < 1.29 is 19.1 Å². The number of esters is 1. The lowest BCUT2D eigenvalue weighted by Gasteiger charge is -2.10. The second kappa shape index (κ2) is 7.52. The molecular weight excluding hydrogens is 268 g/mol. The topological polar surface area (TPSA) is 90.7 Å². The first-order valence-corrected chi connectivity index (χ1v) is 6.60. The summed E-state index contributed by atoms with van der Waals surface area (Å²) in [6, 6.07) is 4.95. The standard InChI is InChI=1S/C12H16N2O4S/c1-17-10-5-8(13)3-4-9(10)14-11(15)6-19-7-12(16)18-2/h3-5H,6-7,13H2,1-2H3,(H,14,15). The summed E-state index contributed by atoms with van der Waals surface area (Å²) in [5.41, 5.74) is 6.71. The number of hydrogen-bond acceptors (Lipinski definition) is 6. The predicted molar refractivity (Wildman–Crippen MR) is 75.4 cm³/mol. The summed E-state index contributed by atoms with van der Waals surface area (Å²) < 4.78 is 9.59. The van der Waals surface area contributed by atoms with Gasteiger partial charge in [0.05, 0.1) is 31.4 Å². The molecule has 0 fully saturated rings. The van der Waals surface area contributed by atoms with Crippen molar-refractivity contribution in [2.45, 2.75) is 0 Å². The van der Waals surface area contributed by atoms with E-state index in [1.807, 2.05) is 0 Å². The number of hydrogen-bond donors (Lipinski definition) is 2. The number of nitrogen functional groups attached to an aromatic ring is 1. The van der Waals surface area contributed by atoms with Crippen LogP contribution in [0.3, 0.4) is 0 Å². The minimum atomic E-state index is -0.358. The molecule has 3 N–H and O–H groups in total. The molecule has 0 saturated carbocycles. The molecule has 104 valence electrons. The molecule has 1 rings (SSSR count). The van der Waals surface area contributed by atoms with Gasteiger partial charge in [0, 0.05) is 11.8 Å². The zero-order valence-corrected chi connectivity index (χ0v) is 11.6. The molecule has 0 aliphatic heterocycles. The molecule has 7 heteroatoms. The highest BCUT2D eigenvalue weighted by molar-refractivity contribution is 8.00. The van der Waals surface area contributed by atoms with Gasteiger partial charge in [-0.3, -0.25) is 9.59 Å². The van der Waals surface area contributed by atoms with E-state index in [-0.39, 0.29) is 23.4 Å². The monoisotopic (exact) mass is 284 g/mol. The van der Waals surface area contributed by atoms with Crippen LogP contribution in [0.1, 0.15) is 0 Å². The highest BCUT2D eigenvalue weighted by atomic mass is 32.2. The number of nitrogens with two attached hydrogens (primary N) is 1. The summed E-state index contributed by atoms with van der Waals surface area (Å²) in [5.74, 6) is 0.206. The fourth-order valence-electron chi connectivity index (χ4n) is 1.28. The van der Waals surface area contributed by atoms with Gasteiger partial charge < -0.3 is 20.5 Å². The van der Waals surface area contributed by atoms with Crippen LogP contribution >= 0.6 is 11.8 Å². The highest BCUT2D eigenvalue weighted by Gasteiger charge is 2.09. The number of thioether (sulfide) groups is 1. The number of methoxy groups -OCH3 is 2. The van der Waals surface area contributed by atoms with Crippen molar-refractivity contribution in [3.63, 3.8) is 0 Å². The molecule has 0 saturated heterocycles. The van der Waals surface area contributed by atoms with E-state index in [1.54, 1.807) is 18.2 Å². The summed E-state index contributed by atoms with van der Waals surface area (Å²) in [6.45, 7) is 0. The first-order valence-electron chi connectivity index (χ1n) is 5.44. The highest BCUT2D eigenvalue weighted by Crippen LogP contribution is 2.26. The quantitative estimate of drug-likeness (QED) is 0.601. The average Bonchev–Trinajstić information content (AvgIpc) is 2.40. The molecule has 1 aromatic rings. The first-order chi connectivity index (χ1) is 9.06. The van der Waals surface area contributed by atoms with E-state index in [9.17, 15) is 9.59 Å². The molecular formula is C12H16N2O4S. The second-order valence-electron chi connectivity index (χ2n) is 3.58. The largest absolute Gasteiger partial charge is 0.494 e. The molecule has 0 aliphatic rings. The Balaban J connectivity index is 2.50. The summed E-state index contributed by atoms with van der Waals surface area (Å²) in [6.07, 6.45) is 0. The Labute approximate surface area is 115 Å². The lowest BCUT2D eigenvalue weighted by atomic mass is 10.2. The Morgan fingerprint density at radius 3 is 2.68 bits per heavy atom. The van der Waals surface area contributed by atoms with E-state index < -0.39 is 0 Å². The maximum absolute atomic E-state index is 11.7. The van der Waals surface area contributed by atoms with Gasteiger partial charge in [0.25, 0.3) is 0 Å². The van der Waals surface area contributed by atoms with Crippen molar-refractivity contribution in [1.82, 2.24) is 0 Å². The number of rotatable bonds is 6. The molecule has 0 aromatic heterocycles. The maximum atomic E-state index is 11.7. The smallest absolute Gasteiger partial charge is 0.315 e. The molecule has 0 atom stereocenters. The number of ether oxygens (including phenoxy) is 2. The Kier molecular flexibility index (Phi) is 6.01. The van der Waals surface area contributed by atoms with Gasteiger partial charge in [-0.2, -0.15) is 0 Å². The molecule has 1 amide bonds. The number of amides is 1. The van der Waals surface area contributed by atoms with Crippen LogP contribution in [-0.2, 0) is 14.3 Å². The van der Waals surface area contributed by atoms with Crippen LogP contribution in [0.4, 0.5) is 11.4 Å². The molecule has 0 bridgehead atoms. The minimum absolute atomic E-state index is 0.142. The predicted octanol–water partition coefficient (Wildman–Crippen LogP) is 1.12. The SMILES string of the molecule is COC(=O)CSCC(=O)Nc1ccc(N)cc1OC. The summed E-state index contributed by atoms with van der Waals surface area (Å²) >= 11 is 1.18. The normalized spacial score (nSPS) is 9.79. The maximum Gasteiger partial charge on any atom is 0.315 e. The minimum Gasteiger partial charge on any atom is -0.494 e. The van der Waals surface area contributed by atoms with Gasteiger partial charge in [-0.25, -0.2) is 0 Å². The number of benzene rings is 1. The molecule has 0 aliphatic carbocycles. The van der Waals surface area contributed by atoms with Crippen molar-refractivity contribution in [3.8, 4) is 5.75 Å². The van der Waals surface area contributed by atoms with Crippen LogP contribution < -0.4 is 15.8 Å². The lowest BCUT2D eigenvalue weighted by Crippen LogP contribution is -2.16. The zero-order chi connectivity index (χ0) is 14.3. The van der Waals surface area contributed by atoms with Gasteiger partial charge in [-0.1, -0.05) is 0 Å². The van der Waals surface area contributed by atoms with E-state index in [0.717, 1.165) is 0 Å². The van der Waals surface area contributed by atoms with Crippen molar-refractivity contribution in [3.05, 3.63) is 18.2 Å². The first kappa shape index (κ1) is 15.2. The van der Waals surface area contributed by atoms with Gasteiger partial charge in [-0.05, 0) is 12.1 Å². The van der Waals surface area contributed by atoms with Crippen molar-refractivity contribution in [2.24, 2.45) is 0 Å². The van der Waals surface area contributed by atoms with E-state index in [0.29, 0.717) is 17.1 Å². The third kappa shape index (κ3) is 5.09. The fraction of sp³-hybridized carbons (Fsp3) is 0.333. The number of nitrogens with one attached hydrogen (secondary N) is 1. The average molecular weight is 284 g/mol. The van der Waals surface area contributed by atoms with Crippen molar-refractivity contribution >= 4 is 35.0 Å². The van der Waals surface area contributed by atoms with Gasteiger partial charge in [0.1, 0.15) is 5.75 Å². The number of anilines is 2. The summed E-state index contributed by atoms with van der Waals surface area (Å²) in [5, 5.41) is 2.69. The van der Waals surface area contributed by atoms with Crippen LogP contribution in [0.5, 0.6) is 5.75 Å². The summed E-state index contributed by atoms with van der Waals surface area (Å²) in [4.78, 5) is 22.5. The van der Waals surface area contributed by atoms with E-state index in [4.69, 9.17) is 10.5 Å². The van der Waals surface area contributed by atoms with E-state index in [1.165, 1.54) is 26.0 Å². The summed E-state index contributed by atoms with van der Waals surface area (Å²) in [7, 11) is 2.80. The van der Waals surface area contributed by atoms with Crippen LogP contribution in [0.2, 0.25) is 0 Å². The van der Waals surface area contributed by atoms with Crippen LogP contribution in [0.25, 0.3) is 0 Å². The molecule has 19 heavy (non-hydrogen) atoms. The third-order valence-corrected chi connectivity index (χ3v) is 3.09. The Bertz CT molecular complexity index is 465.